The zero-order chi connectivity index (χ0) is 12.0. The molecule has 0 spiro atoms. The Hall–Kier alpha value is -0.260. The first kappa shape index (κ1) is 13.8. The van der Waals surface area contributed by atoms with Crippen molar-refractivity contribution in [3.8, 4) is 11.5 Å². The van der Waals surface area contributed by atoms with Gasteiger partial charge in [0.05, 0.1) is 16.9 Å². The van der Waals surface area contributed by atoms with Crippen LogP contribution in [0.25, 0.3) is 0 Å². The lowest BCUT2D eigenvalue weighted by atomic mass is 10.3. The van der Waals surface area contributed by atoms with Crippen LogP contribution in [0.4, 0.5) is 0 Å². The molecule has 90 valence electrons. The van der Waals surface area contributed by atoms with Crippen molar-refractivity contribution in [2.45, 2.75) is 13.2 Å². The molecular weight excluding hydrogens is 340 g/mol. The van der Waals surface area contributed by atoms with E-state index in [1.54, 1.807) is 7.11 Å². The average Bonchev–Trinajstić information content (AvgIpc) is 2.30. The minimum atomic E-state index is -0.322. The molecule has 1 atom stereocenters. The molecular formula is C11H14Br2O3. The molecule has 0 aliphatic carbocycles. The van der Waals surface area contributed by atoms with E-state index in [0.717, 1.165) is 4.47 Å². The van der Waals surface area contributed by atoms with Gasteiger partial charge in [0, 0.05) is 6.61 Å². The third kappa shape index (κ3) is 3.64. The highest BCUT2D eigenvalue weighted by molar-refractivity contribution is 9.10. The molecule has 1 rings (SSSR count). The first-order chi connectivity index (χ1) is 7.72. The highest BCUT2D eigenvalue weighted by Crippen LogP contribution is 2.35. The van der Waals surface area contributed by atoms with Crippen LogP contribution in [0.3, 0.4) is 0 Å². The number of hydrogen-bond donors (Lipinski definition) is 0. The molecule has 0 aromatic heterocycles. The Kier molecular flexibility index (Phi) is 6.16. The summed E-state index contributed by atoms with van der Waals surface area (Å²) in [6.07, 6.45) is -0.322. The zero-order valence-electron chi connectivity index (χ0n) is 9.20. The fourth-order valence-electron chi connectivity index (χ4n) is 1.19. The first-order valence-corrected chi connectivity index (χ1v) is 6.81. The van der Waals surface area contributed by atoms with Crippen LogP contribution in [0.15, 0.2) is 22.7 Å². The van der Waals surface area contributed by atoms with Crippen LogP contribution in [0, 0.1) is 0 Å². The second-order valence-corrected chi connectivity index (χ2v) is 4.43. The van der Waals surface area contributed by atoms with Crippen molar-refractivity contribution in [2.24, 2.45) is 0 Å². The molecule has 5 heteroatoms. The number of rotatable bonds is 6. The van der Waals surface area contributed by atoms with Gasteiger partial charge in [0.15, 0.2) is 11.5 Å². The van der Waals surface area contributed by atoms with E-state index >= 15 is 0 Å². The zero-order valence-corrected chi connectivity index (χ0v) is 12.4. The van der Waals surface area contributed by atoms with E-state index in [0.29, 0.717) is 23.4 Å². The monoisotopic (exact) mass is 352 g/mol. The lowest BCUT2D eigenvalue weighted by Gasteiger charge is -2.19. The molecule has 1 aromatic carbocycles. The number of methoxy groups -OCH3 is 1. The van der Waals surface area contributed by atoms with Gasteiger partial charge < -0.3 is 14.2 Å². The molecule has 0 aliphatic rings. The lowest BCUT2D eigenvalue weighted by molar-refractivity contribution is -0.0584. The second kappa shape index (κ2) is 7.14. The fourth-order valence-corrected chi connectivity index (χ4v) is 1.95. The van der Waals surface area contributed by atoms with E-state index in [1.165, 1.54) is 0 Å². The van der Waals surface area contributed by atoms with Crippen LogP contribution >= 0.6 is 31.9 Å². The molecule has 1 aromatic rings. The second-order valence-electron chi connectivity index (χ2n) is 2.93. The van der Waals surface area contributed by atoms with E-state index in [-0.39, 0.29) is 6.29 Å². The van der Waals surface area contributed by atoms with Gasteiger partial charge in [0.1, 0.15) is 0 Å². The van der Waals surface area contributed by atoms with Gasteiger partial charge in [-0.05, 0) is 35.0 Å². The molecule has 0 amide bonds. The van der Waals surface area contributed by atoms with Crippen molar-refractivity contribution in [3.63, 3.8) is 0 Å². The van der Waals surface area contributed by atoms with E-state index in [4.69, 9.17) is 14.2 Å². The standard InChI is InChI=1S/C11H14Br2O3/c1-3-15-10(7-12)16-11-8(13)5-4-6-9(11)14-2/h4-6,10H,3,7H2,1-2H3. The van der Waals surface area contributed by atoms with Crippen molar-refractivity contribution in [1.82, 2.24) is 0 Å². The molecule has 0 bridgehead atoms. The van der Waals surface area contributed by atoms with Gasteiger partial charge in [0.2, 0.25) is 6.29 Å². The van der Waals surface area contributed by atoms with Crippen molar-refractivity contribution in [1.29, 1.82) is 0 Å². The topological polar surface area (TPSA) is 27.7 Å². The molecule has 3 nitrogen and oxygen atoms in total. The van der Waals surface area contributed by atoms with Crippen LogP contribution < -0.4 is 9.47 Å². The summed E-state index contributed by atoms with van der Waals surface area (Å²) in [5.74, 6) is 1.34. The molecule has 0 heterocycles. The number of ether oxygens (including phenoxy) is 3. The van der Waals surface area contributed by atoms with Crippen LogP contribution in [0.1, 0.15) is 6.92 Å². The molecule has 0 fully saturated rings. The third-order valence-electron chi connectivity index (χ3n) is 1.88. The Balaban J connectivity index is 2.85. The number of hydrogen-bond acceptors (Lipinski definition) is 3. The summed E-state index contributed by atoms with van der Waals surface area (Å²) >= 11 is 6.76. The van der Waals surface area contributed by atoms with Gasteiger partial charge in [-0.1, -0.05) is 22.0 Å². The Morgan fingerprint density at radius 2 is 2.12 bits per heavy atom. The molecule has 0 saturated heterocycles. The van der Waals surface area contributed by atoms with E-state index in [1.807, 2.05) is 25.1 Å². The van der Waals surface area contributed by atoms with Gasteiger partial charge in [-0.15, -0.1) is 0 Å². The Morgan fingerprint density at radius 3 is 2.69 bits per heavy atom. The number of alkyl halides is 1. The quantitative estimate of drug-likeness (QED) is 0.577. The highest BCUT2D eigenvalue weighted by atomic mass is 79.9. The van der Waals surface area contributed by atoms with E-state index < -0.39 is 0 Å². The highest BCUT2D eigenvalue weighted by Gasteiger charge is 2.14. The third-order valence-corrected chi connectivity index (χ3v) is 3.03. The van der Waals surface area contributed by atoms with Crippen LogP contribution in [0.5, 0.6) is 11.5 Å². The number of benzene rings is 1. The Labute approximate surface area is 112 Å². The molecule has 0 aliphatic heterocycles. The average molecular weight is 354 g/mol. The summed E-state index contributed by atoms with van der Waals surface area (Å²) in [6, 6.07) is 5.63. The SMILES string of the molecule is CCOC(CBr)Oc1c(Br)cccc1OC. The minimum Gasteiger partial charge on any atom is -0.493 e. The van der Waals surface area contributed by atoms with Gasteiger partial charge in [0.25, 0.3) is 0 Å². The molecule has 0 saturated carbocycles. The summed E-state index contributed by atoms with van der Waals surface area (Å²) in [5.41, 5.74) is 0. The summed E-state index contributed by atoms with van der Waals surface area (Å²) < 4.78 is 17.2. The minimum absolute atomic E-state index is 0.322. The predicted molar refractivity (Wildman–Crippen MR) is 70.5 cm³/mol. The maximum Gasteiger partial charge on any atom is 0.209 e. The lowest BCUT2D eigenvalue weighted by Crippen LogP contribution is -2.22. The Bertz CT molecular complexity index is 331. The van der Waals surface area contributed by atoms with E-state index in [2.05, 4.69) is 31.9 Å². The van der Waals surface area contributed by atoms with Crippen LogP contribution in [0.2, 0.25) is 0 Å². The summed E-state index contributed by atoms with van der Waals surface area (Å²) in [6.45, 7) is 2.53. The van der Waals surface area contributed by atoms with Gasteiger partial charge in [-0.25, -0.2) is 0 Å². The molecule has 16 heavy (non-hydrogen) atoms. The number of halogens is 2. The van der Waals surface area contributed by atoms with Gasteiger partial charge in [-0.2, -0.15) is 0 Å². The summed E-state index contributed by atoms with van der Waals surface area (Å²) in [7, 11) is 1.61. The normalized spacial score (nSPS) is 12.2. The fraction of sp³-hybridized carbons (Fsp3) is 0.455. The van der Waals surface area contributed by atoms with Gasteiger partial charge in [-0.3, -0.25) is 0 Å². The van der Waals surface area contributed by atoms with Crippen molar-refractivity contribution in [2.75, 3.05) is 19.0 Å². The van der Waals surface area contributed by atoms with Crippen molar-refractivity contribution in [3.05, 3.63) is 22.7 Å². The largest absolute Gasteiger partial charge is 0.493 e. The molecule has 1 unspecified atom stereocenters. The van der Waals surface area contributed by atoms with Crippen molar-refractivity contribution >= 4 is 31.9 Å². The van der Waals surface area contributed by atoms with Crippen LogP contribution in [-0.2, 0) is 4.74 Å². The van der Waals surface area contributed by atoms with Crippen molar-refractivity contribution < 1.29 is 14.2 Å². The Morgan fingerprint density at radius 1 is 1.38 bits per heavy atom. The maximum atomic E-state index is 5.72. The van der Waals surface area contributed by atoms with E-state index in [9.17, 15) is 0 Å². The van der Waals surface area contributed by atoms with Gasteiger partial charge >= 0.3 is 0 Å². The molecule has 0 radical (unpaired) electrons. The maximum absolute atomic E-state index is 5.72. The molecule has 0 N–H and O–H groups in total. The smallest absolute Gasteiger partial charge is 0.209 e. The first-order valence-electron chi connectivity index (χ1n) is 4.89. The number of para-hydroxylation sites is 1. The van der Waals surface area contributed by atoms with Crippen LogP contribution in [-0.4, -0.2) is 25.3 Å². The predicted octanol–water partition coefficient (Wildman–Crippen LogP) is 3.59. The summed E-state index contributed by atoms with van der Waals surface area (Å²) in [5, 5.41) is 0.603. The summed E-state index contributed by atoms with van der Waals surface area (Å²) in [4.78, 5) is 0.